The number of nitrogens with zero attached hydrogens (tertiary/aromatic N) is 5. The van der Waals surface area contributed by atoms with Crippen molar-refractivity contribution in [2.75, 3.05) is 0 Å². The average Bonchev–Trinajstić information content (AvgIpc) is 3.61. The van der Waals surface area contributed by atoms with E-state index in [1.807, 2.05) is 72.9 Å². The molecule has 0 amide bonds. The summed E-state index contributed by atoms with van der Waals surface area (Å²) in [5, 5.41) is 10.9. The summed E-state index contributed by atoms with van der Waals surface area (Å²) in [7, 11) is 0. The van der Waals surface area contributed by atoms with Crippen LogP contribution in [0.5, 0.6) is 11.6 Å². The SMILES string of the molecule is CC(C)(C)c1ccnc(-n2c3[c-]c(Oc4cccc(-c5cc(-c6ccccc6)n[n-]5)n4)ccc3c3ccccc32)c1.[Pt+2]. The molecule has 0 saturated carbocycles. The molecule has 4 aromatic heterocycles. The minimum atomic E-state index is -0.000927. The van der Waals surface area contributed by atoms with E-state index in [0.717, 1.165) is 38.9 Å². The second-order valence-corrected chi connectivity index (χ2v) is 11.0. The number of benzene rings is 3. The Morgan fingerprint density at radius 3 is 2.43 bits per heavy atom. The van der Waals surface area contributed by atoms with Gasteiger partial charge in [-0.2, -0.15) is 6.07 Å². The first kappa shape index (κ1) is 27.6. The normalized spacial score (nSPS) is 11.5. The van der Waals surface area contributed by atoms with Crippen molar-refractivity contribution >= 4 is 21.8 Å². The molecule has 42 heavy (non-hydrogen) atoms. The molecule has 3 aromatic carbocycles. The molecule has 0 unspecified atom stereocenters. The van der Waals surface area contributed by atoms with Crippen molar-refractivity contribution in [1.82, 2.24) is 24.7 Å². The van der Waals surface area contributed by atoms with Crippen LogP contribution in [0.1, 0.15) is 26.3 Å². The molecule has 0 N–H and O–H groups in total. The van der Waals surface area contributed by atoms with Crippen LogP contribution in [-0.4, -0.2) is 19.6 Å². The van der Waals surface area contributed by atoms with Crippen LogP contribution < -0.4 is 9.84 Å². The summed E-state index contributed by atoms with van der Waals surface area (Å²) < 4.78 is 8.41. The molecule has 7 rings (SSSR count). The zero-order chi connectivity index (χ0) is 28.0. The third-order valence-electron chi connectivity index (χ3n) is 7.21. The number of hydrogen-bond donors (Lipinski definition) is 0. The average molecular weight is 729 g/mol. The van der Waals surface area contributed by atoms with E-state index in [4.69, 9.17) is 14.7 Å². The van der Waals surface area contributed by atoms with Gasteiger partial charge in [-0.3, -0.25) is 0 Å². The van der Waals surface area contributed by atoms with Gasteiger partial charge in [0.25, 0.3) is 0 Å². The maximum Gasteiger partial charge on any atom is 2.00 e. The van der Waals surface area contributed by atoms with Crippen LogP contribution in [0.4, 0.5) is 0 Å². The molecule has 0 bridgehead atoms. The number of pyridine rings is 2. The van der Waals surface area contributed by atoms with Crippen LogP contribution in [0.3, 0.4) is 0 Å². The number of ether oxygens (including phenoxy) is 1. The third-order valence-corrected chi connectivity index (χ3v) is 7.21. The fourth-order valence-electron chi connectivity index (χ4n) is 5.08. The zero-order valence-corrected chi connectivity index (χ0v) is 25.6. The van der Waals surface area contributed by atoms with Crippen LogP contribution in [0.25, 0.3) is 50.3 Å². The van der Waals surface area contributed by atoms with Crippen molar-refractivity contribution in [2.24, 2.45) is 0 Å². The molecule has 7 aromatic rings. The van der Waals surface area contributed by atoms with Gasteiger partial charge in [0.1, 0.15) is 5.82 Å². The first-order valence-electron chi connectivity index (χ1n) is 13.6. The van der Waals surface area contributed by atoms with E-state index in [2.05, 4.69) is 78.0 Å². The van der Waals surface area contributed by atoms with Crippen LogP contribution in [0, 0.1) is 6.07 Å². The third kappa shape index (κ3) is 5.15. The van der Waals surface area contributed by atoms with Crippen molar-refractivity contribution in [3.8, 4) is 40.1 Å². The summed E-state index contributed by atoms with van der Waals surface area (Å²) in [6, 6.07) is 37.7. The minimum Gasteiger partial charge on any atom is -0.573 e. The van der Waals surface area contributed by atoms with Gasteiger partial charge < -0.3 is 19.5 Å². The molecule has 0 aliphatic heterocycles. The Labute approximate surface area is 258 Å². The quantitative estimate of drug-likeness (QED) is 0.168. The number of para-hydroxylation sites is 1. The second kappa shape index (κ2) is 11.0. The van der Waals surface area contributed by atoms with E-state index in [-0.39, 0.29) is 26.5 Å². The molecule has 7 heteroatoms. The second-order valence-electron chi connectivity index (χ2n) is 11.0. The van der Waals surface area contributed by atoms with Crippen molar-refractivity contribution in [1.29, 1.82) is 0 Å². The predicted molar refractivity (Wildman–Crippen MR) is 162 cm³/mol. The maximum atomic E-state index is 6.26. The number of aromatic nitrogens is 5. The predicted octanol–water partition coefficient (Wildman–Crippen LogP) is 8.15. The van der Waals surface area contributed by atoms with Crippen molar-refractivity contribution in [2.45, 2.75) is 26.2 Å². The Hall–Kier alpha value is -4.54. The van der Waals surface area contributed by atoms with Gasteiger partial charge in [-0.05, 0) is 52.3 Å². The standard InChI is InChI=1S/C35H27N5O.Pt/c1-35(2,3)24-18-19-36-33(20-24)40-31-14-8-7-12-26(31)27-17-16-25(21-32(27)40)41-34-15-9-13-28(37-34)30-22-29(38-39-30)23-10-5-4-6-11-23;/h4-20,22H,1-3H3;/q-2;+2. The molecule has 0 aliphatic carbocycles. The van der Waals surface area contributed by atoms with Crippen LogP contribution >= 0.6 is 0 Å². The van der Waals surface area contributed by atoms with E-state index >= 15 is 0 Å². The Kier molecular flexibility index (Phi) is 7.26. The minimum absolute atomic E-state index is 0. The van der Waals surface area contributed by atoms with Crippen molar-refractivity contribution in [3.63, 3.8) is 0 Å². The van der Waals surface area contributed by atoms with Gasteiger partial charge in [-0.15, -0.1) is 17.5 Å². The van der Waals surface area contributed by atoms with E-state index < -0.39 is 0 Å². The van der Waals surface area contributed by atoms with Gasteiger partial charge >= 0.3 is 21.1 Å². The van der Waals surface area contributed by atoms with E-state index in [9.17, 15) is 0 Å². The van der Waals surface area contributed by atoms with Gasteiger partial charge in [0.05, 0.1) is 5.69 Å². The Bertz CT molecular complexity index is 2020. The van der Waals surface area contributed by atoms with Crippen molar-refractivity contribution < 1.29 is 25.8 Å². The van der Waals surface area contributed by atoms with E-state index in [1.54, 1.807) is 0 Å². The fraction of sp³-hybridized carbons (Fsp3) is 0.114. The Balaban J connectivity index is 0.00000316. The van der Waals surface area contributed by atoms with Crippen LogP contribution in [-0.2, 0) is 26.5 Å². The van der Waals surface area contributed by atoms with E-state index in [0.29, 0.717) is 23.0 Å². The smallest absolute Gasteiger partial charge is 0.573 e. The Morgan fingerprint density at radius 2 is 1.60 bits per heavy atom. The number of hydrogen-bond acceptors (Lipinski definition) is 4. The van der Waals surface area contributed by atoms with Gasteiger partial charge in [0.15, 0.2) is 0 Å². The molecule has 0 radical (unpaired) electrons. The molecule has 0 aliphatic rings. The molecule has 4 heterocycles. The molecular formula is C35H27N5OPt. The van der Waals surface area contributed by atoms with Gasteiger partial charge in [0.2, 0.25) is 5.88 Å². The molecule has 6 nitrogen and oxygen atoms in total. The van der Waals surface area contributed by atoms with E-state index in [1.165, 1.54) is 5.56 Å². The van der Waals surface area contributed by atoms with Gasteiger partial charge in [0, 0.05) is 29.2 Å². The maximum absolute atomic E-state index is 6.26. The molecule has 208 valence electrons. The summed E-state index contributed by atoms with van der Waals surface area (Å²) in [6.45, 7) is 6.63. The zero-order valence-electron chi connectivity index (χ0n) is 23.4. The summed E-state index contributed by atoms with van der Waals surface area (Å²) >= 11 is 0. The first-order valence-corrected chi connectivity index (χ1v) is 13.6. The molecule has 0 fully saturated rings. The summed E-state index contributed by atoms with van der Waals surface area (Å²) in [5.74, 6) is 1.87. The largest absolute Gasteiger partial charge is 2.00 e. The molecular weight excluding hydrogens is 701 g/mol. The number of rotatable bonds is 5. The van der Waals surface area contributed by atoms with Crippen LogP contribution in [0.15, 0.2) is 109 Å². The molecule has 0 atom stereocenters. The first-order chi connectivity index (χ1) is 19.9. The van der Waals surface area contributed by atoms with Gasteiger partial charge in [-0.25, -0.2) is 9.97 Å². The monoisotopic (exact) mass is 728 g/mol. The van der Waals surface area contributed by atoms with Crippen LogP contribution in [0.2, 0.25) is 0 Å². The van der Waals surface area contributed by atoms with Gasteiger partial charge in [-0.1, -0.05) is 86.6 Å². The molecule has 0 spiro atoms. The fourth-order valence-corrected chi connectivity index (χ4v) is 5.08. The molecule has 0 saturated heterocycles. The Morgan fingerprint density at radius 1 is 0.786 bits per heavy atom. The summed E-state index contributed by atoms with van der Waals surface area (Å²) in [4.78, 5) is 9.48. The summed E-state index contributed by atoms with van der Waals surface area (Å²) in [6.07, 6.45) is 1.88. The topological polar surface area (TPSA) is 66.9 Å². The number of fused-ring (bicyclic) bond motifs is 3. The summed E-state index contributed by atoms with van der Waals surface area (Å²) in [5.41, 5.74) is 6.39. The van der Waals surface area contributed by atoms with Crippen molar-refractivity contribution in [3.05, 3.63) is 121 Å².